The van der Waals surface area contributed by atoms with E-state index in [0.717, 1.165) is 31.4 Å². The largest absolute Gasteiger partial charge is 0.292 e. The first-order valence-corrected chi connectivity index (χ1v) is 6.93. The third-order valence-corrected chi connectivity index (χ3v) is 3.08. The Balaban J connectivity index is 1.88. The van der Waals surface area contributed by atoms with E-state index in [-0.39, 0.29) is 5.78 Å². The van der Waals surface area contributed by atoms with Crippen LogP contribution in [-0.2, 0) is 0 Å². The Labute approximate surface area is 119 Å². The number of benzene rings is 1. The molecule has 0 bridgehead atoms. The van der Waals surface area contributed by atoms with Gasteiger partial charge in [0.25, 0.3) is 0 Å². The van der Waals surface area contributed by atoms with Crippen LogP contribution in [0.15, 0.2) is 49.2 Å². The molecule has 0 N–H and O–H groups in total. The molecule has 0 unspecified atom stereocenters. The monoisotopic (exact) mass is 269 g/mol. The van der Waals surface area contributed by atoms with Crippen molar-refractivity contribution in [2.45, 2.75) is 32.1 Å². The first-order valence-electron chi connectivity index (χ1n) is 6.93. The van der Waals surface area contributed by atoms with Crippen LogP contribution in [0.1, 0.15) is 42.6 Å². The highest BCUT2D eigenvalue weighted by Crippen LogP contribution is 2.09. The van der Waals surface area contributed by atoms with Crippen LogP contribution in [0.5, 0.6) is 0 Å². The highest BCUT2D eigenvalue weighted by molar-refractivity contribution is 5.93. The molecule has 0 spiro atoms. The number of ketones is 1. The molecule has 4 nitrogen and oxygen atoms in total. The lowest BCUT2D eigenvalue weighted by molar-refractivity contribution is 0.0974. The first kappa shape index (κ1) is 14.2. The number of unbranched alkanes of at least 4 members (excludes halogenated alkanes) is 3. The fraction of sp³-hybridized carbons (Fsp3) is 0.312. The van der Waals surface area contributed by atoms with E-state index in [1.807, 2.05) is 36.4 Å². The van der Waals surface area contributed by atoms with Crippen LogP contribution in [0.3, 0.4) is 0 Å². The van der Waals surface area contributed by atoms with E-state index in [9.17, 15) is 4.79 Å². The van der Waals surface area contributed by atoms with E-state index in [1.54, 1.807) is 6.20 Å². The topological polar surface area (TPSA) is 47.8 Å². The number of carbonyl (C=O) groups is 1. The zero-order valence-corrected chi connectivity index (χ0v) is 11.5. The molecule has 0 atom stereocenters. The fourth-order valence-corrected chi connectivity index (χ4v) is 1.96. The highest BCUT2D eigenvalue weighted by Gasteiger charge is 2.10. The molecule has 1 heterocycles. The summed E-state index contributed by atoms with van der Waals surface area (Å²) in [6.45, 7) is 3.68. The summed E-state index contributed by atoms with van der Waals surface area (Å²) >= 11 is 0. The van der Waals surface area contributed by atoms with Gasteiger partial charge in [0.05, 0.1) is 11.9 Å². The lowest BCUT2D eigenvalue weighted by atomic mass is 10.1. The van der Waals surface area contributed by atoms with E-state index in [1.165, 1.54) is 4.80 Å². The maximum atomic E-state index is 12.0. The predicted molar refractivity (Wildman–Crippen MR) is 79.0 cm³/mol. The number of para-hydroxylation sites is 1. The fourth-order valence-electron chi connectivity index (χ4n) is 1.96. The van der Waals surface area contributed by atoms with Gasteiger partial charge >= 0.3 is 0 Å². The molecule has 4 heteroatoms. The second-order valence-electron chi connectivity index (χ2n) is 4.67. The molecule has 2 aromatic rings. The summed E-state index contributed by atoms with van der Waals surface area (Å²) in [5.41, 5.74) is 1.30. The van der Waals surface area contributed by atoms with Gasteiger partial charge in [-0.2, -0.15) is 9.90 Å². The number of rotatable bonds is 8. The molecule has 2 rings (SSSR count). The second kappa shape index (κ2) is 7.38. The number of allylic oxidation sites excluding steroid dienone is 1. The molecule has 0 radical (unpaired) electrons. The van der Waals surface area contributed by atoms with Crippen molar-refractivity contribution < 1.29 is 4.79 Å². The summed E-state index contributed by atoms with van der Waals surface area (Å²) in [6, 6.07) is 9.58. The normalized spacial score (nSPS) is 10.4. The summed E-state index contributed by atoms with van der Waals surface area (Å²) < 4.78 is 0. The Kier molecular flexibility index (Phi) is 5.24. The summed E-state index contributed by atoms with van der Waals surface area (Å²) in [5, 5.41) is 8.37. The molecule has 0 saturated heterocycles. The minimum atomic E-state index is 0.0609. The standard InChI is InChI=1S/C16H19N3O/c1-2-3-4-5-9-12-16(20)15-13-17-19(18-15)14-10-7-6-8-11-14/h2,6-8,10-11,13H,1,3-5,9,12H2. The predicted octanol–water partition coefficient (Wildman–Crippen LogP) is 3.59. The molecule has 0 amide bonds. The van der Waals surface area contributed by atoms with Crippen molar-refractivity contribution in [2.24, 2.45) is 0 Å². The summed E-state index contributed by atoms with van der Waals surface area (Å²) in [4.78, 5) is 13.5. The van der Waals surface area contributed by atoms with Gasteiger partial charge in [0, 0.05) is 6.42 Å². The van der Waals surface area contributed by atoms with E-state index in [0.29, 0.717) is 12.1 Å². The Morgan fingerprint density at radius 2 is 2.00 bits per heavy atom. The molecule has 1 aromatic carbocycles. The van der Waals surface area contributed by atoms with Crippen LogP contribution in [0.2, 0.25) is 0 Å². The van der Waals surface area contributed by atoms with Crippen LogP contribution in [-0.4, -0.2) is 20.8 Å². The van der Waals surface area contributed by atoms with Gasteiger partial charge in [-0.1, -0.05) is 30.7 Å². The number of aromatic nitrogens is 3. The SMILES string of the molecule is C=CCCCCCC(=O)c1cnn(-c2ccccc2)n1. The van der Waals surface area contributed by atoms with E-state index in [2.05, 4.69) is 16.8 Å². The number of Topliss-reactive ketones (excluding diaryl/α,β-unsaturated/α-hetero) is 1. The van der Waals surface area contributed by atoms with Crippen LogP contribution in [0, 0.1) is 0 Å². The Morgan fingerprint density at radius 1 is 1.20 bits per heavy atom. The third-order valence-electron chi connectivity index (χ3n) is 3.08. The van der Waals surface area contributed by atoms with Crippen molar-refractivity contribution in [2.75, 3.05) is 0 Å². The molecule has 0 saturated carbocycles. The zero-order valence-electron chi connectivity index (χ0n) is 11.5. The van der Waals surface area contributed by atoms with Crippen molar-refractivity contribution >= 4 is 5.78 Å². The van der Waals surface area contributed by atoms with Gasteiger partial charge in [-0.15, -0.1) is 11.7 Å². The van der Waals surface area contributed by atoms with Crippen LogP contribution >= 0.6 is 0 Å². The summed E-state index contributed by atoms with van der Waals surface area (Å²) in [5.74, 6) is 0.0609. The van der Waals surface area contributed by atoms with Gasteiger partial charge < -0.3 is 0 Å². The van der Waals surface area contributed by atoms with Gasteiger partial charge in [-0.05, 0) is 31.4 Å². The minimum Gasteiger partial charge on any atom is -0.292 e. The van der Waals surface area contributed by atoms with Gasteiger partial charge in [-0.25, -0.2) is 0 Å². The van der Waals surface area contributed by atoms with Gasteiger partial charge in [0.1, 0.15) is 5.69 Å². The van der Waals surface area contributed by atoms with Crippen molar-refractivity contribution in [3.05, 3.63) is 54.9 Å². The molecule has 0 aliphatic carbocycles. The molecule has 0 aliphatic rings. The van der Waals surface area contributed by atoms with Crippen molar-refractivity contribution in [1.82, 2.24) is 15.0 Å². The minimum absolute atomic E-state index is 0.0609. The Bertz CT molecular complexity index is 560. The van der Waals surface area contributed by atoms with E-state index in [4.69, 9.17) is 0 Å². The first-order chi connectivity index (χ1) is 9.81. The lowest BCUT2D eigenvalue weighted by Crippen LogP contribution is -2.03. The summed E-state index contributed by atoms with van der Waals surface area (Å²) in [6.07, 6.45) is 8.03. The average molecular weight is 269 g/mol. The maximum Gasteiger partial charge on any atom is 0.184 e. The van der Waals surface area contributed by atoms with Gasteiger partial charge in [0.2, 0.25) is 0 Å². The van der Waals surface area contributed by atoms with Gasteiger partial charge in [-0.3, -0.25) is 4.79 Å². The van der Waals surface area contributed by atoms with E-state index >= 15 is 0 Å². The quantitative estimate of drug-likeness (QED) is 0.418. The Morgan fingerprint density at radius 3 is 2.75 bits per heavy atom. The number of nitrogens with zero attached hydrogens (tertiary/aromatic N) is 3. The van der Waals surface area contributed by atoms with Crippen molar-refractivity contribution in [3.8, 4) is 5.69 Å². The molecule has 20 heavy (non-hydrogen) atoms. The molecule has 104 valence electrons. The molecule has 0 aliphatic heterocycles. The second-order valence-corrected chi connectivity index (χ2v) is 4.67. The number of hydrogen-bond acceptors (Lipinski definition) is 3. The highest BCUT2D eigenvalue weighted by atomic mass is 16.1. The van der Waals surface area contributed by atoms with Crippen LogP contribution in [0.4, 0.5) is 0 Å². The number of hydrogen-bond donors (Lipinski definition) is 0. The maximum absolute atomic E-state index is 12.0. The number of carbonyl (C=O) groups excluding carboxylic acids is 1. The lowest BCUT2D eigenvalue weighted by Gasteiger charge is -1.98. The van der Waals surface area contributed by atoms with Crippen LogP contribution in [0.25, 0.3) is 5.69 Å². The van der Waals surface area contributed by atoms with E-state index < -0.39 is 0 Å². The zero-order chi connectivity index (χ0) is 14.2. The molecule has 1 aromatic heterocycles. The van der Waals surface area contributed by atoms with Crippen molar-refractivity contribution in [1.29, 1.82) is 0 Å². The molecule has 0 fully saturated rings. The van der Waals surface area contributed by atoms with Gasteiger partial charge in [0.15, 0.2) is 5.78 Å². The molecular formula is C16H19N3O. The summed E-state index contributed by atoms with van der Waals surface area (Å²) in [7, 11) is 0. The van der Waals surface area contributed by atoms with Crippen LogP contribution < -0.4 is 0 Å². The smallest absolute Gasteiger partial charge is 0.184 e. The molecular weight excluding hydrogens is 250 g/mol. The Hall–Kier alpha value is -2.23. The third kappa shape index (κ3) is 3.88. The van der Waals surface area contributed by atoms with Crippen molar-refractivity contribution in [3.63, 3.8) is 0 Å². The average Bonchev–Trinajstić information content (AvgIpc) is 2.98.